The van der Waals surface area contributed by atoms with Gasteiger partial charge in [-0.15, -0.1) is 11.3 Å². The van der Waals surface area contributed by atoms with Gasteiger partial charge in [0.2, 0.25) is 5.01 Å². The van der Waals surface area contributed by atoms with Crippen molar-refractivity contribution in [3.05, 3.63) is 70.0 Å². The fraction of sp³-hybridized carbons (Fsp3) is 0.483. The molecule has 0 spiro atoms. The number of halogens is 7. The molecule has 0 radical (unpaired) electrons. The minimum atomic E-state index is -4.01. The maximum atomic E-state index is 15.0. The van der Waals surface area contributed by atoms with Gasteiger partial charge in [0, 0.05) is 24.0 Å². The monoisotopic (exact) mass is 571 g/mol. The summed E-state index contributed by atoms with van der Waals surface area (Å²) in [6.45, 7) is 2.14. The molecule has 10 heteroatoms. The Kier molecular flexibility index (Phi) is 7.95. The van der Waals surface area contributed by atoms with E-state index in [4.69, 9.17) is 0 Å². The van der Waals surface area contributed by atoms with E-state index >= 15 is 0 Å². The van der Waals surface area contributed by atoms with E-state index in [0.717, 1.165) is 18.4 Å². The lowest BCUT2D eigenvalue weighted by Gasteiger charge is -2.30. The molecule has 2 saturated carbocycles. The first-order chi connectivity index (χ1) is 18.5. The number of benzene rings is 2. The fourth-order valence-electron chi connectivity index (χ4n) is 5.69. The van der Waals surface area contributed by atoms with Crippen LogP contribution in [0.5, 0.6) is 5.75 Å². The Bertz CT molecular complexity index is 1350. The molecule has 210 valence electrons. The molecule has 1 aromatic heterocycles. The summed E-state index contributed by atoms with van der Waals surface area (Å²) in [6.07, 6.45) is 1.51. The van der Waals surface area contributed by atoms with Gasteiger partial charge in [0.25, 0.3) is 0 Å². The predicted molar refractivity (Wildman–Crippen MR) is 136 cm³/mol. The average molecular weight is 572 g/mol. The molecule has 1 heterocycles. The van der Waals surface area contributed by atoms with Gasteiger partial charge in [-0.05, 0) is 68.1 Å². The highest BCUT2D eigenvalue weighted by atomic mass is 32.1. The van der Waals surface area contributed by atoms with Crippen molar-refractivity contribution in [1.82, 2.24) is 4.98 Å². The standard InChI is InChI=1S/C29H28F7NOS/c1-15-2-4-17(5-3-15)25(32)26(33)18-8-6-16(7-9-18)19-10-11-23-24(12-19)39-28(37-23)29(35,36)38-20-13-21(30)27(34)22(31)14-20/h10-18H,2-9H2,1H3/b26-25+. The van der Waals surface area contributed by atoms with E-state index in [2.05, 4.69) is 16.6 Å². The third-order valence-electron chi connectivity index (χ3n) is 8.02. The number of hydrogen-bond donors (Lipinski definition) is 0. The second-order valence-electron chi connectivity index (χ2n) is 10.8. The summed E-state index contributed by atoms with van der Waals surface area (Å²) in [4.78, 5) is 3.92. The van der Waals surface area contributed by atoms with Crippen LogP contribution in [-0.4, -0.2) is 4.98 Å². The summed E-state index contributed by atoms with van der Waals surface area (Å²) in [5.41, 5.74) is 1.19. The summed E-state index contributed by atoms with van der Waals surface area (Å²) < 4.78 is 104. The molecule has 2 aliphatic carbocycles. The van der Waals surface area contributed by atoms with Gasteiger partial charge < -0.3 is 4.74 Å². The molecule has 5 rings (SSSR count). The van der Waals surface area contributed by atoms with Crippen molar-refractivity contribution in [2.75, 3.05) is 0 Å². The quantitative estimate of drug-likeness (QED) is 0.217. The Balaban J connectivity index is 1.26. The Labute approximate surface area is 225 Å². The molecule has 0 saturated heterocycles. The third kappa shape index (κ3) is 5.95. The molecule has 2 nitrogen and oxygen atoms in total. The second-order valence-corrected chi connectivity index (χ2v) is 11.8. The van der Waals surface area contributed by atoms with Gasteiger partial charge in [-0.25, -0.2) is 26.9 Å². The molecule has 0 bridgehead atoms. The van der Waals surface area contributed by atoms with Crippen LogP contribution in [0.1, 0.15) is 74.8 Å². The predicted octanol–water partition coefficient (Wildman–Crippen LogP) is 10.1. The van der Waals surface area contributed by atoms with Crippen LogP contribution < -0.4 is 4.74 Å². The van der Waals surface area contributed by atoms with Crippen molar-refractivity contribution in [2.45, 2.75) is 70.3 Å². The minimum absolute atomic E-state index is 0.0736. The minimum Gasteiger partial charge on any atom is -0.427 e. The zero-order chi connectivity index (χ0) is 27.9. The van der Waals surface area contributed by atoms with E-state index < -0.39 is 51.9 Å². The molecule has 0 N–H and O–H groups in total. The first kappa shape index (κ1) is 27.9. The topological polar surface area (TPSA) is 22.1 Å². The average Bonchev–Trinajstić information content (AvgIpc) is 3.36. The zero-order valence-electron chi connectivity index (χ0n) is 21.3. The van der Waals surface area contributed by atoms with Gasteiger partial charge in [-0.1, -0.05) is 25.8 Å². The van der Waals surface area contributed by atoms with Crippen LogP contribution in [0, 0.1) is 35.2 Å². The second kappa shape index (κ2) is 11.1. The Morgan fingerprint density at radius 1 is 0.846 bits per heavy atom. The summed E-state index contributed by atoms with van der Waals surface area (Å²) in [7, 11) is 0. The number of rotatable bonds is 6. The molecule has 3 aromatic rings. The Morgan fingerprint density at radius 3 is 2.00 bits per heavy atom. The lowest BCUT2D eigenvalue weighted by Crippen LogP contribution is -2.21. The molecule has 0 amide bonds. The molecule has 2 fully saturated rings. The van der Waals surface area contributed by atoms with Gasteiger partial charge in [0.15, 0.2) is 17.5 Å². The molecular formula is C29H28F7NOS. The number of fused-ring (bicyclic) bond motifs is 1. The van der Waals surface area contributed by atoms with Crippen molar-refractivity contribution in [3.8, 4) is 5.75 Å². The summed E-state index contributed by atoms with van der Waals surface area (Å²) in [6, 6.07) is 5.83. The highest BCUT2D eigenvalue weighted by Crippen LogP contribution is 2.44. The van der Waals surface area contributed by atoms with Gasteiger partial charge in [0.1, 0.15) is 17.4 Å². The number of thiazole rings is 1. The van der Waals surface area contributed by atoms with E-state index in [-0.39, 0.29) is 11.8 Å². The number of allylic oxidation sites excluding steroid dienone is 2. The van der Waals surface area contributed by atoms with Crippen molar-refractivity contribution in [1.29, 1.82) is 0 Å². The van der Waals surface area contributed by atoms with Crippen LogP contribution in [0.3, 0.4) is 0 Å². The van der Waals surface area contributed by atoms with Gasteiger partial charge in [-0.3, -0.25) is 0 Å². The maximum Gasteiger partial charge on any atom is 0.454 e. The fourth-order valence-corrected chi connectivity index (χ4v) is 6.61. The molecular weight excluding hydrogens is 543 g/mol. The van der Waals surface area contributed by atoms with Crippen LogP contribution in [0.25, 0.3) is 10.2 Å². The zero-order valence-corrected chi connectivity index (χ0v) is 22.1. The number of hydrogen-bond acceptors (Lipinski definition) is 3. The van der Waals surface area contributed by atoms with Crippen molar-refractivity contribution >= 4 is 21.6 Å². The highest BCUT2D eigenvalue weighted by Gasteiger charge is 2.39. The molecule has 2 aliphatic rings. The van der Waals surface area contributed by atoms with Crippen LogP contribution in [0.2, 0.25) is 0 Å². The first-order valence-electron chi connectivity index (χ1n) is 13.2. The van der Waals surface area contributed by atoms with E-state index in [9.17, 15) is 30.7 Å². The first-order valence-corrected chi connectivity index (χ1v) is 14.0. The number of alkyl halides is 2. The smallest absolute Gasteiger partial charge is 0.427 e. The normalized spacial score (nSPS) is 25.0. The molecule has 0 atom stereocenters. The lowest BCUT2D eigenvalue weighted by molar-refractivity contribution is -0.185. The van der Waals surface area contributed by atoms with Gasteiger partial charge in [0.05, 0.1) is 10.2 Å². The van der Waals surface area contributed by atoms with Crippen molar-refractivity contribution in [2.24, 2.45) is 17.8 Å². The maximum absolute atomic E-state index is 15.0. The molecule has 2 aromatic carbocycles. The SMILES string of the molecule is CC1CCC(/C(F)=C(\F)C2CCC(c3ccc4nc(C(F)(F)Oc5cc(F)c(F)c(F)c5)sc4c3)CC2)CC1. The van der Waals surface area contributed by atoms with Crippen LogP contribution in [0.15, 0.2) is 42.0 Å². The Hall–Kier alpha value is -2.62. The number of aromatic nitrogens is 1. The molecule has 0 aliphatic heterocycles. The summed E-state index contributed by atoms with van der Waals surface area (Å²) >= 11 is 0.674. The molecule has 0 unspecified atom stereocenters. The summed E-state index contributed by atoms with van der Waals surface area (Å²) in [5, 5.41) is -0.719. The van der Waals surface area contributed by atoms with E-state index in [1.165, 1.54) is 0 Å². The number of nitrogens with zero attached hydrogens (tertiary/aromatic N) is 1. The van der Waals surface area contributed by atoms with Crippen LogP contribution in [-0.2, 0) is 6.11 Å². The third-order valence-corrected chi connectivity index (χ3v) is 9.09. The largest absolute Gasteiger partial charge is 0.454 e. The van der Waals surface area contributed by atoms with Crippen molar-refractivity contribution in [3.63, 3.8) is 0 Å². The highest BCUT2D eigenvalue weighted by molar-refractivity contribution is 7.18. The Morgan fingerprint density at radius 2 is 1.41 bits per heavy atom. The van der Waals surface area contributed by atoms with Gasteiger partial charge in [-0.2, -0.15) is 8.78 Å². The summed E-state index contributed by atoms with van der Waals surface area (Å²) in [5.74, 6) is -7.23. The molecule has 39 heavy (non-hydrogen) atoms. The van der Waals surface area contributed by atoms with E-state index in [1.807, 2.05) is 0 Å². The van der Waals surface area contributed by atoms with Gasteiger partial charge >= 0.3 is 6.11 Å². The van der Waals surface area contributed by atoms with Crippen LogP contribution in [0.4, 0.5) is 30.7 Å². The lowest BCUT2D eigenvalue weighted by atomic mass is 9.76. The number of ether oxygens (including phenoxy) is 1. The van der Waals surface area contributed by atoms with Crippen molar-refractivity contribution < 1.29 is 35.5 Å². The van der Waals surface area contributed by atoms with Crippen LogP contribution >= 0.6 is 11.3 Å². The van der Waals surface area contributed by atoms with E-state index in [0.29, 0.717) is 78.1 Å². The van der Waals surface area contributed by atoms with E-state index in [1.54, 1.807) is 18.2 Å².